The van der Waals surface area contributed by atoms with E-state index < -0.39 is 11.8 Å². The summed E-state index contributed by atoms with van der Waals surface area (Å²) >= 11 is 11.6. The van der Waals surface area contributed by atoms with Gasteiger partial charge in [-0.05, 0) is 35.9 Å². The molecule has 0 bridgehead atoms. The van der Waals surface area contributed by atoms with Gasteiger partial charge in [0.15, 0.2) is 0 Å². The van der Waals surface area contributed by atoms with Crippen LogP contribution in [0.2, 0.25) is 10.0 Å². The predicted molar refractivity (Wildman–Crippen MR) is 90.9 cm³/mol. The highest BCUT2D eigenvalue weighted by molar-refractivity contribution is 6.42. The molecule has 0 unspecified atom stereocenters. The van der Waals surface area contributed by atoms with Gasteiger partial charge in [-0.1, -0.05) is 35.3 Å². The molecule has 0 heterocycles. The number of carbonyl (C=O) groups excluding carboxylic acids is 2. The van der Waals surface area contributed by atoms with Crippen LogP contribution in [0.1, 0.15) is 15.9 Å². The molecule has 2 N–H and O–H groups in total. The average molecular weight is 368 g/mol. The van der Waals surface area contributed by atoms with Crippen LogP contribution in [0, 0.1) is 5.82 Å². The lowest BCUT2D eigenvalue weighted by Crippen LogP contribution is -2.34. The molecule has 0 aliphatic rings. The highest BCUT2D eigenvalue weighted by Crippen LogP contribution is 2.22. The Bertz CT molecular complexity index is 779. The molecule has 0 spiro atoms. The highest BCUT2D eigenvalue weighted by Gasteiger charge is 2.09. The van der Waals surface area contributed by atoms with Gasteiger partial charge in [-0.2, -0.15) is 5.10 Å². The Morgan fingerprint density at radius 2 is 1.79 bits per heavy atom. The van der Waals surface area contributed by atoms with Gasteiger partial charge in [0.05, 0.1) is 22.8 Å². The SMILES string of the molecule is O=C(CNC(=O)c1ccc(Cl)c(Cl)c1)N/N=C\c1ccc(F)cc1. The van der Waals surface area contributed by atoms with Crippen molar-refractivity contribution in [3.05, 3.63) is 69.5 Å². The van der Waals surface area contributed by atoms with Gasteiger partial charge in [-0.15, -0.1) is 0 Å². The Balaban J connectivity index is 1.81. The number of halogens is 3. The van der Waals surface area contributed by atoms with Gasteiger partial charge in [-0.25, -0.2) is 9.82 Å². The number of hydrogen-bond donors (Lipinski definition) is 2. The first kappa shape index (κ1) is 17.9. The summed E-state index contributed by atoms with van der Waals surface area (Å²) < 4.78 is 12.7. The molecular weight excluding hydrogens is 356 g/mol. The van der Waals surface area contributed by atoms with Crippen LogP contribution in [-0.4, -0.2) is 24.6 Å². The zero-order valence-electron chi connectivity index (χ0n) is 12.2. The zero-order chi connectivity index (χ0) is 17.5. The van der Waals surface area contributed by atoms with Crippen molar-refractivity contribution in [3.63, 3.8) is 0 Å². The van der Waals surface area contributed by atoms with Crippen LogP contribution in [0.3, 0.4) is 0 Å². The second kappa shape index (κ2) is 8.42. The molecule has 24 heavy (non-hydrogen) atoms. The van der Waals surface area contributed by atoms with Crippen molar-refractivity contribution in [2.24, 2.45) is 5.10 Å². The molecule has 2 aromatic rings. The van der Waals surface area contributed by atoms with Crippen molar-refractivity contribution < 1.29 is 14.0 Å². The van der Waals surface area contributed by atoms with E-state index in [4.69, 9.17) is 23.2 Å². The summed E-state index contributed by atoms with van der Waals surface area (Å²) in [4.78, 5) is 23.5. The smallest absolute Gasteiger partial charge is 0.259 e. The fraction of sp³-hybridized carbons (Fsp3) is 0.0625. The Labute approximate surface area is 147 Å². The van der Waals surface area contributed by atoms with Crippen molar-refractivity contribution in [1.29, 1.82) is 0 Å². The van der Waals surface area contributed by atoms with E-state index >= 15 is 0 Å². The minimum Gasteiger partial charge on any atom is -0.343 e. The molecule has 124 valence electrons. The summed E-state index contributed by atoms with van der Waals surface area (Å²) in [7, 11) is 0. The van der Waals surface area contributed by atoms with Crippen LogP contribution < -0.4 is 10.7 Å². The molecule has 0 saturated carbocycles. The number of nitrogens with one attached hydrogen (secondary N) is 2. The topological polar surface area (TPSA) is 70.6 Å². The first-order chi connectivity index (χ1) is 11.5. The van der Waals surface area contributed by atoms with Gasteiger partial charge in [0.1, 0.15) is 5.82 Å². The Hall–Kier alpha value is -2.44. The molecule has 5 nitrogen and oxygen atoms in total. The lowest BCUT2D eigenvalue weighted by molar-refractivity contribution is -0.120. The lowest BCUT2D eigenvalue weighted by Gasteiger charge is -2.05. The normalized spacial score (nSPS) is 10.6. The van der Waals surface area contributed by atoms with E-state index in [1.54, 1.807) is 0 Å². The van der Waals surface area contributed by atoms with E-state index in [9.17, 15) is 14.0 Å². The zero-order valence-corrected chi connectivity index (χ0v) is 13.7. The second-order valence-corrected chi connectivity index (χ2v) is 5.47. The first-order valence-corrected chi connectivity index (χ1v) is 7.52. The van der Waals surface area contributed by atoms with E-state index in [1.807, 2.05) is 0 Å². The van der Waals surface area contributed by atoms with Crippen molar-refractivity contribution in [2.75, 3.05) is 6.54 Å². The third kappa shape index (κ3) is 5.33. The van der Waals surface area contributed by atoms with Crippen molar-refractivity contribution >= 4 is 41.2 Å². The van der Waals surface area contributed by atoms with Crippen LogP contribution in [-0.2, 0) is 4.79 Å². The third-order valence-electron chi connectivity index (χ3n) is 2.86. The molecule has 2 aromatic carbocycles. The molecule has 0 aliphatic carbocycles. The molecule has 8 heteroatoms. The number of benzene rings is 2. The average Bonchev–Trinajstić information content (AvgIpc) is 2.57. The summed E-state index contributed by atoms with van der Waals surface area (Å²) in [6.07, 6.45) is 1.36. The molecule has 0 aromatic heterocycles. The van der Waals surface area contributed by atoms with Gasteiger partial charge < -0.3 is 5.32 Å². The van der Waals surface area contributed by atoms with E-state index in [0.29, 0.717) is 10.6 Å². The molecule has 0 fully saturated rings. The molecule has 2 amide bonds. The fourth-order valence-electron chi connectivity index (χ4n) is 1.67. The maximum Gasteiger partial charge on any atom is 0.259 e. The third-order valence-corrected chi connectivity index (χ3v) is 3.60. The summed E-state index contributed by atoms with van der Waals surface area (Å²) in [5.41, 5.74) is 3.15. The predicted octanol–water partition coefficient (Wildman–Crippen LogP) is 3.01. The van der Waals surface area contributed by atoms with Crippen molar-refractivity contribution in [2.45, 2.75) is 0 Å². The monoisotopic (exact) mass is 367 g/mol. The summed E-state index contributed by atoms with van der Waals surface area (Å²) in [5.74, 6) is -1.34. The van der Waals surface area contributed by atoms with E-state index in [-0.39, 0.29) is 22.9 Å². The van der Waals surface area contributed by atoms with Gasteiger partial charge in [-0.3, -0.25) is 9.59 Å². The lowest BCUT2D eigenvalue weighted by atomic mass is 10.2. The molecule has 0 saturated heterocycles. The summed E-state index contributed by atoms with van der Waals surface area (Å²) in [6, 6.07) is 9.97. The molecule has 0 aliphatic heterocycles. The maximum absolute atomic E-state index is 12.7. The number of rotatable bonds is 5. The van der Waals surface area contributed by atoms with Crippen LogP contribution in [0.25, 0.3) is 0 Å². The molecule has 0 radical (unpaired) electrons. The van der Waals surface area contributed by atoms with Gasteiger partial charge in [0, 0.05) is 5.56 Å². The first-order valence-electron chi connectivity index (χ1n) is 6.76. The Morgan fingerprint density at radius 3 is 2.46 bits per heavy atom. The second-order valence-electron chi connectivity index (χ2n) is 4.66. The number of hydrogen-bond acceptors (Lipinski definition) is 3. The number of carbonyl (C=O) groups is 2. The van der Waals surface area contributed by atoms with E-state index in [2.05, 4.69) is 15.8 Å². The van der Waals surface area contributed by atoms with E-state index in [1.165, 1.54) is 48.7 Å². The largest absolute Gasteiger partial charge is 0.343 e. The Kier molecular flexibility index (Phi) is 6.28. The molecule has 2 rings (SSSR count). The number of amides is 2. The van der Waals surface area contributed by atoms with Crippen LogP contribution in [0.15, 0.2) is 47.6 Å². The number of hydrazone groups is 1. The minimum atomic E-state index is -0.512. The van der Waals surface area contributed by atoms with Crippen molar-refractivity contribution in [3.8, 4) is 0 Å². The number of nitrogens with zero attached hydrogens (tertiary/aromatic N) is 1. The highest BCUT2D eigenvalue weighted by atomic mass is 35.5. The van der Waals surface area contributed by atoms with E-state index in [0.717, 1.165) is 0 Å². The van der Waals surface area contributed by atoms with Gasteiger partial charge in [0.25, 0.3) is 11.8 Å². The van der Waals surface area contributed by atoms with Gasteiger partial charge >= 0.3 is 0 Å². The standard InChI is InChI=1S/C16H12Cl2FN3O2/c17-13-6-3-11(7-14(13)18)16(24)20-9-15(23)22-21-8-10-1-4-12(19)5-2-10/h1-8H,9H2,(H,20,24)(H,22,23)/b21-8-. The summed E-state index contributed by atoms with van der Waals surface area (Å²) in [6.45, 7) is -0.264. The van der Waals surface area contributed by atoms with Crippen LogP contribution in [0.4, 0.5) is 4.39 Å². The maximum atomic E-state index is 12.7. The summed E-state index contributed by atoms with van der Waals surface area (Å²) in [5, 5.41) is 6.72. The minimum absolute atomic E-state index is 0.248. The Morgan fingerprint density at radius 1 is 1.08 bits per heavy atom. The van der Waals surface area contributed by atoms with Gasteiger partial charge in [0.2, 0.25) is 0 Å². The fourth-order valence-corrected chi connectivity index (χ4v) is 1.97. The van der Waals surface area contributed by atoms with Crippen molar-refractivity contribution in [1.82, 2.24) is 10.7 Å². The van der Waals surface area contributed by atoms with Crippen LogP contribution >= 0.6 is 23.2 Å². The molecular formula is C16H12Cl2FN3O2. The molecule has 0 atom stereocenters. The quantitative estimate of drug-likeness (QED) is 0.629. The van der Waals surface area contributed by atoms with Crippen LogP contribution in [0.5, 0.6) is 0 Å².